The maximum absolute atomic E-state index is 13.4. The molecule has 4 heteroatoms. The van der Waals surface area contributed by atoms with Gasteiger partial charge >= 0.3 is 0 Å². The summed E-state index contributed by atoms with van der Waals surface area (Å²) in [6.45, 7) is 4.13. The first kappa shape index (κ1) is 16.1. The smallest absolute Gasteiger partial charge is 0.233 e. The van der Waals surface area contributed by atoms with E-state index in [4.69, 9.17) is 4.74 Å². The minimum Gasteiger partial charge on any atom is -0.393 e. The van der Waals surface area contributed by atoms with Gasteiger partial charge in [-0.2, -0.15) is 0 Å². The zero-order valence-corrected chi connectivity index (χ0v) is 14.4. The number of hydrogen-bond donors (Lipinski definition) is 1. The van der Waals surface area contributed by atoms with Crippen LogP contribution < -0.4 is 0 Å². The standard InChI is InChI=1S/C20H27NO3/c1-14-5-2-3-6-16(14)20(9-10-20)19(23)21-11-4-7-17(21)15-13-24-12-8-18(15)22/h2-3,5-6,15,17-18,22H,4,7-13H2,1H3. The predicted molar refractivity (Wildman–Crippen MR) is 91.8 cm³/mol. The van der Waals surface area contributed by atoms with Gasteiger partial charge < -0.3 is 14.7 Å². The van der Waals surface area contributed by atoms with Crippen LogP contribution in [0.1, 0.15) is 43.2 Å². The normalized spacial score (nSPS) is 31.9. The Kier molecular flexibility index (Phi) is 4.13. The number of aliphatic hydroxyl groups excluding tert-OH is 1. The van der Waals surface area contributed by atoms with E-state index < -0.39 is 0 Å². The number of ether oxygens (including phenoxy) is 1. The van der Waals surface area contributed by atoms with Crippen molar-refractivity contribution in [3.8, 4) is 0 Å². The van der Waals surface area contributed by atoms with Crippen LogP contribution in [-0.4, -0.2) is 47.8 Å². The van der Waals surface area contributed by atoms with E-state index in [0.717, 1.165) is 32.2 Å². The lowest BCUT2D eigenvalue weighted by Crippen LogP contribution is -2.50. The number of aliphatic hydroxyl groups is 1. The predicted octanol–water partition coefficient (Wildman–Crippen LogP) is 2.42. The van der Waals surface area contributed by atoms with Gasteiger partial charge in [0.2, 0.25) is 5.91 Å². The van der Waals surface area contributed by atoms with E-state index in [1.807, 2.05) is 12.1 Å². The Morgan fingerprint density at radius 1 is 1.29 bits per heavy atom. The highest BCUT2D eigenvalue weighted by atomic mass is 16.5. The minimum atomic E-state index is -0.342. The Labute approximate surface area is 143 Å². The molecule has 4 nitrogen and oxygen atoms in total. The molecule has 0 bridgehead atoms. The molecule has 3 atom stereocenters. The van der Waals surface area contributed by atoms with Crippen LogP contribution in [0, 0.1) is 12.8 Å². The summed E-state index contributed by atoms with van der Waals surface area (Å²) in [5, 5.41) is 10.4. The molecule has 0 aromatic heterocycles. The number of aryl methyl sites for hydroxylation is 1. The summed E-state index contributed by atoms with van der Waals surface area (Å²) in [6.07, 6.45) is 4.26. The van der Waals surface area contributed by atoms with Crippen LogP contribution in [0.2, 0.25) is 0 Å². The highest BCUT2D eigenvalue weighted by Gasteiger charge is 2.55. The van der Waals surface area contributed by atoms with Crippen molar-refractivity contribution in [1.29, 1.82) is 0 Å². The topological polar surface area (TPSA) is 49.8 Å². The Bertz CT molecular complexity index is 625. The molecule has 1 aliphatic carbocycles. The fourth-order valence-corrected chi connectivity index (χ4v) is 4.71. The second-order valence-corrected chi connectivity index (χ2v) is 7.70. The second kappa shape index (κ2) is 6.16. The largest absolute Gasteiger partial charge is 0.393 e. The third-order valence-corrected chi connectivity index (χ3v) is 6.24. The summed E-state index contributed by atoms with van der Waals surface area (Å²) >= 11 is 0. The molecule has 0 radical (unpaired) electrons. The molecule has 3 aliphatic rings. The molecule has 4 rings (SSSR count). The van der Waals surface area contributed by atoms with Gasteiger partial charge in [0, 0.05) is 25.1 Å². The Morgan fingerprint density at radius 3 is 2.79 bits per heavy atom. The molecule has 1 amide bonds. The number of rotatable bonds is 3. The van der Waals surface area contributed by atoms with Gasteiger partial charge in [-0.15, -0.1) is 0 Å². The van der Waals surface area contributed by atoms with E-state index in [9.17, 15) is 9.90 Å². The Morgan fingerprint density at radius 2 is 2.08 bits per heavy atom. The van der Waals surface area contributed by atoms with E-state index in [1.54, 1.807) is 0 Å². The van der Waals surface area contributed by atoms with Crippen LogP contribution in [0.25, 0.3) is 0 Å². The summed E-state index contributed by atoms with van der Waals surface area (Å²) in [6, 6.07) is 8.42. The number of hydrogen-bond acceptors (Lipinski definition) is 3. The maximum atomic E-state index is 13.4. The van der Waals surface area contributed by atoms with E-state index in [0.29, 0.717) is 19.6 Å². The van der Waals surface area contributed by atoms with Crippen molar-refractivity contribution in [2.24, 2.45) is 5.92 Å². The molecule has 1 aromatic carbocycles. The third kappa shape index (κ3) is 2.56. The van der Waals surface area contributed by atoms with Crippen LogP contribution in [-0.2, 0) is 14.9 Å². The van der Waals surface area contributed by atoms with Gasteiger partial charge in [0.25, 0.3) is 0 Å². The van der Waals surface area contributed by atoms with Crippen LogP contribution >= 0.6 is 0 Å². The van der Waals surface area contributed by atoms with Gasteiger partial charge in [-0.1, -0.05) is 24.3 Å². The average molecular weight is 329 g/mol. The first-order valence-electron chi connectivity index (χ1n) is 9.26. The van der Waals surface area contributed by atoms with E-state index in [-0.39, 0.29) is 29.4 Å². The van der Waals surface area contributed by atoms with E-state index >= 15 is 0 Å². The molecular weight excluding hydrogens is 302 g/mol. The summed E-state index contributed by atoms with van der Waals surface area (Å²) in [5.74, 6) is 0.343. The second-order valence-electron chi connectivity index (χ2n) is 7.70. The van der Waals surface area contributed by atoms with Crippen LogP contribution in [0.3, 0.4) is 0 Å². The number of nitrogens with zero attached hydrogens (tertiary/aromatic N) is 1. The first-order valence-corrected chi connectivity index (χ1v) is 9.26. The lowest BCUT2D eigenvalue weighted by Gasteiger charge is -2.38. The zero-order chi connectivity index (χ0) is 16.7. The van der Waals surface area contributed by atoms with Gasteiger partial charge in [0.15, 0.2) is 0 Å². The summed E-state index contributed by atoms with van der Waals surface area (Å²) < 4.78 is 5.60. The summed E-state index contributed by atoms with van der Waals surface area (Å²) in [4.78, 5) is 15.5. The number of amides is 1. The highest BCUT2D eigenvalue weighted by molar-refractivity contribution is 5.92. The fraction of sp³-hybridized carbons (Fsp3) is 0.650. The van der Waals surface area contributed by atoms with E-state index in [2.05, 4.69) is 24.0 Å². The SMILES string of the molecule is Cc1ccccc1C1(C(=O)N2CCCC2C2COCCC2O)CC1. The lowest BCUT2D eigenvalue weighted by atomic mass is 9.87. The van der Waals surface area contributed by atoms with Crippen LogP contribution in [0.15, 0.2) is 24.3 Å². The number of benzene rings is 1. The number of likely N-dealkylation sites (tertiary alicyclic amines) is 1. The van der Waals surface area contributed by atoms with Crippen molar-refractivity contribution in [2.45, 2.75) is 56.6 Å². The molecule has 24 heavy (non-hydrogen) atoms. The zero-order valence-electron chi connectivity index (χ0n) is 14.4. The first-order chi connectivity index (χ1) is 11.6. The molecule has 2 aliphatic heterocycles. The molecule has 1 aromatic rings. The lowest BCUT2D eigenvalue weighted by molar-refractivity contribution is -0.139. The molecule has 1 saturated carbocycles. The Hall–Kier alpha value is -1.39. The van der Waals surface area contributed by atoms with Crippen molar-refractivity contribution in [3.05, 3.63) is 35.4 Å². The molecule has 0 spiro atoms. The van der Waals surface area contributed by atoms with Crippen molar-refractivity contribution in [3.63, 3.8) is 0 Å². The van der Waals surface area contributed by atoms with Gasteiger partial charge in [0.05, 0.1) is 18.1 Å². The molecule has 2 saturated heterocycles. The van der Waals surface area contributed by atoms with Crippen molar-refractivity contribution in [1.82, 2.24) is 4.90 Å². The fourth-order valence-electron chi connectivity index (χ4n) is 4.71. The number of carbonyl (C=O) groups excluding carboxylic acids is 1. The maximum Gasteiger partial charge on any atom is 0.233 e. The molecule has 1 N–H and O–H groups in total. The quantitative estimate of drug-likeness (QED) is 0.926. The summed E-state index contributed by atoms with van der Waals surface area (Å²) in [7, 11) is 0. The third-order valence-electron chi connectivity index (χ3n) is 6.24. The molecular formula is C20H27NO3. The number of carbonyl (C=O) groups is 1. The van der Waals surface area contributed by atoms with Gasteiger partial charge in [-0.3, -0.25) is 4.79 Å². The molecule has 3 fully saturated rings. The highest BCUT2D eigenvalue weighted by Crippen LogP contribution is 2.51. The van der Waals surface area contributed by atoms with E-state index in [1.165, 1.54) is 11.1 Å². The molecule has 130 valence electrons. The van der Waals surface area contributed by atoms with Crippen molar-refractivity contribution in [2.75, 3.05) is 19.8 Å². The van der Waals surface area contributed by atoms with Crippen LogP contribution in [0.5, 0.6) is 0 Å². The minimum absolute atomic E-state index is 0.0675. The van der Waals surface area contributed by atoms with Crippen LogP contribution in [0.4, 0.5) is 0 Å². The molecule has 3 unspecified atom stereocenters. The molecule has 2 heterocycles. The van der Waals surface area contributed by atoms with Crippen molar-refractivity contribution >= 4 is 5.91 Å². The van der Waals surface area contributed by atoms with Gasteiger partial charge in [-0.25, -0.2) is 0 Å². The average Bonchev–Trinajstić information content (AvgIpc) is 3.25. The monoisotopic (exact) mass is 329 g/mol. The van der Waals surface area contributed by atoms with Crippen molar-refractivity contribution < 1.29 is 14.6 Å². The van der Waals surface area contributed by atoms with Gasteiger partial charge in [0.1, 0.15) is 0 Å². The summed E-state index contributed by atoms with van der Waals surface area (Å²) in [5.41, 5.74) is 2.09. The Balaban J connectivity index is 1.58. The van der Waals surface area contributed by atoms with Gasteiger partial charge in [-0.05, 0) is 50.2 Å².